The van der Waals surface area contributed by atoms with Crippen molar-refractivity contribution in [3.63, 3.8) is 0 Å². The molecular weight excluding hydrogens is 386 g/mol. The molecule has 2 saturated heterocycles. The number of carbonyl (C=O) groups is 4. The highest BCUT2D eigenvalue weighted by Gasteiger charge is 2.38. The lowest BCUT2D eigenvalue weighted by atomic mass is 10.1. The van der Waals surface area contributed by atoms with Crippen molar-refractivity contribution in [2.24, 2.45) is 5.92 Å². The number of hydrogen-bond donors (Lipinski definition) is 0. The molecule has 2 aliphatic rings. The molecule has 0 N–H and O–H groups in total. The van der Waals surface area contributed by atoms with Crippen LogP contribution in [0.2, 0.25) is 5.02 Å². The Kier molecular flexibility index (Phi) is 6.18. The average Bonchev–Trinajstić information content (AvgIpc) is 3.09. The number of hydrogen-bond acceptors (Lipinski definition) is 5. The van der Waals surface area contributed by atoms with Crippen molar-refractivity contribution < 1.29 is 23.9 Å². The van der Waals surface area contributed by atoms with Gasteiger partial charge in [0.1, 0.15) is 0 Å². The Bertz CT molecular complexity index is 792. The predicted molar refractivity (Wildman–Crippen MR) is 102 cm³/mol. The second-order valence-corrected chi connectivity index (χ2v) is 7.16. The number of halogens is 1. The molecule has 3 rings (SSSR count). The van der Waals surface area contributed by atoms with E-state index in [1.165, 1.54) is 4.90 Å². The summed E-state index contributed by atoms with van der Waals surface area (Å²) in [5.74, 6) is -2.21. The summed E-state index contributed by atoms with van der Waals surface area (Å²) in [6.07, 6.45) is 0.146. The summed E-state index contributed by atoms with van der Waals surface area (Å²) in [6.45, 7) is 3.26. The van der Waals surface area contributed by atoms with Gasteiger partial charge < -0.3 is 19.4 Å². The zero-order valence-corrected chi connectivity index (χ0v) is 16.4. The summed E-state index contributed by atoms with van der Waals surface area (Å²) >= 11 is 5.99. The second-order valence-electron chi connectivity index (χ2n) is 6.72. The van der Waals surface area contributed by atoms with Crippen LogP contribution in [-0.4, -0.2) is 72.8 Å². The molecule has 150 valence electrons. The first-order valence-electron chi connectivity index (χ1n) is 9.21. The lowest BCUT2D eigenvalue weighted by Gasteiger charge is -2.35. The first kappa shape index (κ1) is 20.1. The lowest BCUT2D eigenvalue weighted by Crippen LogP contribution is -2.53. The van der Waals surface area contributed by atoms with Crippen LogP contribution in [0.5, 0.6) is 0 Å². The molecule has 0 bridgehead atoms. The van der Waals surface area contributed by atoms with E-state index in [0.29, 0.717) is 30.3 Å². The quantitative estimate of drug-likeness (QED) is 0.549. The molecule has 9 heteroatoms. The maximum absolute atomic E-state index is 12.8. The minimum absolute atomic E-state index is 0.110. The number of carbonyl (C=O) groups excluding carboxylic acids is 4. The number of esters is 1. The fraction of sp³-hybridized carbons (Fsp3) is 0.474. The van der Waals surface area contributed by atoms with Gasteiger partial charge in [-0.25, -0.2) is 4.79 Å². The van der Waals surface area contributed by atoms with Gasteiger partial charge in [0.15, 0.2) is 0 Å². The standard InChI is InChI=1S/C19H22ClN3O5/c1-2-28-19(27)18(26)22-8-6-21(7-9-22)17(25)13-10-16(24)23(12-13)15-5-3-4-14(20)11-15/h3-5,11,13H,2,6-10,12H2,1H3. The van der Waals surface area contributed by atoms with E-state index in [1.807, 2.05) is 0 Å². The van der Waals surface area contributed by atoms with E-state index in [4.69, 9.17) is 16.3 Å². The minimum atomic E-state index is -0.874. The van der Waals surface area contributed by atoms with E-state index in [0.717, 1.165) is 0 Å². The van der Waals surface area contributed by atoms with Crippen LogP contribution < -0.4 is 4.90 Å². The maximum Gasteiger partial charge on any atom is 0.397 e. The van der Waals surface area contributed by atoms with Crippen molar-refractivity contribution in [2.75, 3.05) is 44.2 Å². The van der Waals surface area contributed by atoms with Gasteiger partial charge in [-0.1, -0.05) is 17.7 Å². The van der Waals surface area contributed by atoms with Crippen LogP contribution >= 0.6 is 11.6 Å². The summed E-state index contributed by atoms with van der Waals surface area (Å²) in [6, 6.07) is 6.98. The normalized spacial score (nSPS) is 19.7. The van der Waals surface area contributed by atoms with Crippen LogP contribution in [0.15, 0.2) is 24.3 Å². The zero-order chi connectivity index (χ0) is 20.3. The van der Waals surface area contributed by atoms with Gasteiger partial charge in [0.25, 0.3) is 0 Å². The van der Waals surface area contributed by atoms with Gasteiger partial charge in [-0.15, -0.1) is 0 Å². The van der Waals surface area contributed by atoms with Crippen molar-refractivity contribution in [3.8, 4) is 0 Å². The monoisotopic (exact) mass is 407 g/mol. The Labute approximate surface area is 168 Å². The predicted octanol–water partition coefficient (Wildman–Crippen LogP) is 0.927. The zero-order valence-electron chi connectivity index (χ0n) is 15.6. The number of piperazine rings is 1. The molecule has 8 nitrogen and oxygen atoms in total. The molecule has 2 heterocycles. The summed E-state index contributed by atoms with van der Waals surface area (Å²) in [4.78, 5) is 53.3. The van der Waals surface area contributed by atoms with Gasteiger partial charge in [0, 0.05) is 49.9 Å². The molecule has 28 heavy (non-hydrogen) atoms. The fourth-order valence-electron chi connectivity index (χ4n) is 3.48. The smallest absolute Gasteiger partial charge is 0.397 e. The van der Waals surface area contributed by atoms with E-state index in [1.54, 1.807) is 41.0 Å². The Balaban J connectivity index is 1.56. The highest BCUT2D eigenvalue weighted by Crippen LogP contribution is 2.28. The molecule has 0 aromatic heterocycles. The van der Waals surface area contributed by atoms with Crippen LogP contribution in [0.3, 0.4) is 0 Å². The third kappa shape index (κ3) is 4.27. The molecule has 2 aliphatic heterocycles. The van der Waals surface area contributed by atoms with Gasteiger partial charge in [0.2, 0.25) is 11.8 Å². The van der Waals surface area contributed by atoms with Gasteiger partial charge in [-0.3, -0.25) is 14.4 Å². The maximum atomic E-state index is 12.8. The number of amides is 3. The molecule has 1 aromatic carbocycles. The molecule has 0 aliphatic carbocycles. The topological polar surface area (TPSA) is 87.2 Å². The van der Waals surface area contributed by atoms with Crippen molar-refractivity contribution >= 4 is 41.0 Å². The SMILES string of the molecule is CCOC(=O)C(=O)N1CCN(C(=O)C2CC(=O)N(c3cccc(Cl)c3)C2)CC1. The van der Waals surface area contributed by atoms with Gasteiger partial charge in [-0.2, -0.15) is 0 Å². The third-order valence-electron chi connectivity index (χ3n) is 4.92. The summed E-state index contributed by atoms with van der Waals surface area (Å²) in [5.41, 5.74) is 0.678. The van der Waals surface area contributed by atoms with Gasteiger partial charge in [-0.05, 0) is 25.1 Å². The van der Waals surface area contributed by atoms with Crippen molar-refractivity contribution in [2.45, 2.75) is 13.3 Å². The summed E-state index contributed by atoms with van der Waals surface area (Å²) in [7, 11) is 0. The number of benzene rings is 1. The van der Waals surface area contributed by atoms with Gasteiger partial charge in [0.05, 0.1) is 12.5 Å². The largest absolute Gasteiger partial charge is 0.459 e. The lowest BCUT2D eigenvalue weighted by molar-refractivity contribution is -0.161. The Morgan fingerprint density at radius 2 is 1.82 bits per heavy atom. The van der Waals surface area contributed by atoms with E-state index in [9.17, 15) is 19.2 Å². The first-order chi connectivity index (χ1) is 13.4. The van der Waals surface area contributed by atoms with Crippen molar-refractivity contribution in [3.05, 3.63) is 29.3 Å². The van der Waals surface area contributed by atoms with Crippen molar-refractivity contribution in [1.29, 1.82) is 0 Å². The number of nitrogens with zero attached hydrogens (tertiary/aromatic N) is 3. The summed E-state index contributed by atoms with van der Waals surface area (Å²) < 4.78 is 4.72. The number of ether oxygens (including phenoxy) is 1. The average molecular weight is 408 g/mol. The molecule has 1 unspecified atom stereocenters. The van der Waals surface area contributed by atoms with Crippen LogP contribution in [0.1, 0.15) is 13.3 Å². The van der Waals surface area contributed by atoms with E-state index < -0.39 is 17.8 Å². The van der Waals surface area contributed by atoms with E-state index in [2.05, 4.69) is 0 Å². The van der Waals surface area contributed by atoms with Crippen LogP contribution in [0.25, 0.3) is 0 Å². The summed E-state index contributed by atoms with van der Waals surface area (Å²) in [5, 5.41) is 0.530. The van der Waals surface area contributed by atoms with Crippen molar-refractivity contribution in [1.82, 2.24) is 9.80 Å². The first-order valence-corrected chi connectivity index (χ1v) is 9.59. The molecule has 0 radical (unpaired) electrons. The number of anilines is 1. The van der Waals surface area contributed by atoms with Gasteiger partial charge >= 0.3 is 11.9 Å². The van der Waals surface area contributed by atoms with E-state index >= 15 is 0 Å². The Morgan fingerprint density at radius 3 is 2.46 bits per heavy atom. The Hall–Kier alpha value is -2.61. The van der Waals surface area contributed by atoms with Crippen LogP contribution in [-0.2, 0) is 23.9 Å². The molecule has 1 aromatic rings. The molecule has 3 amide bonds. The molecular formula is C19H22ClN3O5. The molecule has 0 saturated carbocycles. The number of rotatable bonds is 3. The fourth-order valence-corrected chi connectivity index (χ4v) is 3.66. The minimum Gasteiger partial charge on any atom is -0.459 e. The van der Waals surface area contributed by atoms with Crippen LogP contribution in [0, 0.1) is 5.92 Å². The van der Waals surface area contributed by atoms with Crippen LogP contribution in [0.4, 0.5) is 5.69 Å². The highest BCUT2D eigenvalue weighted by molar-refractivity contribution is 6.32. The highest BCUT2D eigenvalue weighted by atomic mass is 35.5. The molecule has 1 atom stereocenters. The third-order valence-corrected chi connectivity index (χ3v) is 5.16. The molecule has 2 fully saturated rings. The van der Waals surface area contributed by atoms with E-state index in [-0.39, 0.29) is 37.9 Å². The second kappa shape index (κ2) is 8.60. The Morgan fingerprint density at radius 1 is 1.14 bits per heavy atom. The molecule has 0 spiro atoms.